The second-order valence-electron chi connectivity index (χ2n) is 9.10. The van der Waals surface area contributed by atoms with Gasteiger partial charge in [0.1, 0.15) is 22.4 Å². The Balaban J connectivity index is 2.02. The van der Waals surface area contributed by atoms with Crippen LogP contribution < -0.4 is 4.74 Å². The van der Waals surface area contributed by atoms with Gasteiger partial charge >= 0.3 is 0 Å². The molecule has 1 aromatic carbocycles. The zero-order valence-corrected chi connectivity index (χ0v) is 21.5. The van der Waals surface area contributed by atoms with E-state index < -0.39 is 22.2 Å². The number of amides is 1. The summed E-state index contributed by atoms with van der Waals surface area (Å²) in [5, 5.41) is 9.77. The number of benzene rings is 1. The first-order valence-corrected chi connectivity index (χ1v) is 12.9. The minimum atomic E-state index is -3.94. The smallest absolute Gasteiger partial charge is 0.273 e. The van der Waals surface area contributed by atoms with Crippen molar-refractivity contribution in [3.8, 4) is 17.6 Å². The largest absolute Gasteiger partial charge is 0.487 e. The second-order valence-corrected chi connectivity index (χ2v) is 11.0. The lowest BCUT2D eigenvalue weighted by Gasteiger charge is -2.37. The van der Waals surface area contributed by atoms with Gasteiger partial charge in [-0.05, 0) is 25.1 Å². The van der Waals surface area contributed by atoms with E-state index in [1.165, 1.54) is 33.9 Å². The number of carbonyl (C=O) groups excluding carboxylic acids is 1. The van der Waals surface area contributed by atoms with Gasteiger partial charge in [-0.2, -0.15) is 4.31 Å². The summed E-state index contributed by atoms with van der Waals surface area (Å²) >= 11 is 0. The van der Waals surface area contributed by atoms with Crippen molar-refractivity contribution in [3.63, 3.8) is 0 Å². The van der Waals surface area contributed by atoms with Crippen LogP contribution in [-0.2, 0) is 10.0 Å². The molecule has 3 atom stereocenters. The minimum Gasteiger partial charge on any atom is -0.487 e. The number of aromatic nitrogens is 2. The number of fused-ring (bicyclic) bond motifs is 1. The number of likely N-dealkylation sites (N-methyl/N-ethyl adjacent to an activating group) is 1. The third-order valence-corrected chi connectivity index (χ3v) is 7.77. The SMILES string of the molecule is CC(C)C#Cc1ccc2c(c1)O[C@@H](CN(C)C(=O)c1cnccn1)[C@@H](C)CN([C@H](C)CO)S2(=O)=O. The molecule has 1 aromatic heterocycles. The number of carbonyl (C=O) groups is 1. The number of hydrogen-bond acceptors (Lipinski definition) is 7. The Morgan fingerprint density at radius 3 is 2.69 bits per heavy atom. The van der Waals surface area contributed by atoms with Crippen molar-refractivity contribution in [1.82, 2.24) is 19.2 Å². The molecule has 0 saturated heterocycles. The van der Waals surface area contributed by atoms with Crippen LogP contribution in [0.3, 0.4) is 0 Å². The summed E-state index contributed by atoms with van der Waals surface area (Å²) < 4.78 is 34.7. The molecule has 3 rings (SSSR count). The Bertz CT molecular complexity index is 1210. The fourth-order valence-electron chi connectivity index (χ4n) is 3.71. The Morgan fingerprint density at radius 1 is 1.31 bits per heavy atom. The van der Waals surface area contributed by atoms with Gasteiger partial charge in [-0.3, -0.25) is 9.78 Å². The van der Waals surface area contributed by atoms with Gasteiger partial charge in [0.15, 0.2) is 0 Å². The molecule has 0 unspecified atom stereocenters. The topological polar surface area (TPSA) is 113 Å². The summed E-state index contributed by atoms with van der Waals surface area (Å²) in [7, 11) is -2.30. The van der Waals surface area contributed by atoms with Gasteiger partial charge in [-0.25, -0.2) is 13.4 Å². The van der Waals surface area contributed by atoms with Crippen LogP contribution in [0.4, 0.5) is 0 Å². The molecule has 10 heteroatoms. The third kappa shape index (κ3) is 6.17. The van der Waals surface area contributed by atoms with Crippen molar-refractivity contribution in [2.24, 2.45) is 11.8 Å². The van der Waals surface area contributed by atoms with E-state index >= 15 is 0 Å². The number of ether oxygens (including phenoxy) is 1. The fourth-order valence-corrected chi connectivity index (χ4v) is 5.53. The zero-order chi connectivity index (χ0) is 25.8. The highest BCUT2D eigenvalue weighted by Gasteiger charge is 2.38. The lowest BCUT2D eigenvalue weighted by atomic mass is 10.0. The van der Waals surface area contributed by atoms with Gasteiger partial charge < -0.3 is 14.7 Å². The van der Waals surface area contributed by atoms with Gasteiger partial charge in [-0.15, -0.1) is 0 Å². The number of aliphatic hydroxyl groups excluding tert-OH is 1. The summed E-state index contributed by atoms with van der Waals surface area (Å²) in [6.45, 7) is 7.46. The maximum absolute atomic E-state index is 13.5. The van der Waals surface area contributed by atoms with Crippen LogP contribution in [0, 0.1) is 23.7 Å². The van der Waals surface area contributed by atoms with Gasteiger partial charge in [0.2, 0.25) is 10.0 Å². The molecule has 0 bridgehead atoms. The van der Waals surface area contributed by atoms with Crippen LogP contribution in [0.15, 0.2) is 41.7 Å². The Hall–Kier alpha value is -3.00. The quantitative estimate of drug-likeness (QED) is 0.625. The highest BCUT2D eigenvalue weighted by Crippen LogP contribution is 2.34. The van der Waals surface area contributed by atoms with Crippen LogP contribution in [-0.4, -0.2) is 77.5 Å². The molecule has 35 heavy (non-hydrogen) atoms. The zero-order valence-electron chi connectivity index (χ0n) is 20.7. The highest BCUT2D eigenvalue weighted by molar-refractivity contribution is 7.89. The third-order valence-electron chi connectivity index (χ3n) is 5.76. The van der Waals surface area contributed by atoms with E-state index in [1.54, 1.807) is 26.1 Å². The number of aliphatic hydroxyl groups is 1. The monoisotopic (exact) mass is 500 g/mol. The van der Waals surface area contributed by atoms with Crippen molar-refractivity contribution in [2.75, 3.05) is 26.7 Å². The second kappa shape index (κ2) is 11.2. The maximum Gasteiger partial charge on any atom is 0.273 e. The molecule has 0 saturated carbocycles. The molecule has 0 aliphatic carbocycles. The molecule has 2 heterocycles. The summed E-state index contributed by atoms with van der Waals surface area (Å²) in [6.07, 6.45) is 3.81. The lowest BCUT2D eigenvalue weighted by molar-refractivity contribution is 0.0559. The average Bonchev–Trinajstić information content (AvgIpc) is 2.84. The summed E-state index contributed by atoms with van der Waals surface area (Å²) in [6, 6.07) is 4.14. The number of hydrogen-bond donors (Lipinski definition) is 1. The molecule has 188 valence electrons. The van der Waals surface area contributed by atoms with Gasteiger partial charge in [0, 0.05) is 49.4 Å². The van der Waals surface area contributed by atoms with Crippen molar-refractivity contribution in [3.05, 3.63) is 48.0 Å². The predicted octanol–water partition coefficient (Wildman–Crippen LogP) is 2.02. The van der Waals surface area contributed by atoms with Gasteiger partial charge in [0.05, 0.1) is 19.3 Å². The van der Waals surface area contributed by atoms with Crippen LogP contribution in [0.25, 0.3) is 0 Å². The van der Waals surface area contributed by atoms with Crippen molar-refractivity contribution >= 4 is 15.9 Å². The Kier molecular flexibility index (Phi) is 8.48. The van der Waals surface area contributed by atoms with Crippen molar-refractivity contribution in [1.29, 1.82) is 0 Å². The van der Waals surface area contributed by atoms with Crippen molar-refractivity contribution < 1.29 is 23.1 Å². The molecule has 0 fully saturated rings. The van der Waals surface area contributed by atoms with Crippen LogP contribution in [0.5, 0.6) is 5.75 Å². The predicted molar refractivity (Wildman–Crippen MR) is 131 cm³/mol. The number of nitrogens with zero attached hydrogens (tertiary/aromatic N) is 4. The highest BCUT2D eigenvalue weighted by atomic mass is 32.2. The van der Waals surface area contributed by atoms with Gasteiger partial charge in [-0.1, -0.05) is 32.6 Å². The normalized spacial score (nSPS) is 20.4. The van der Waals surface area contributed by atoms with E-state index in [0.29, 0.717) is 5.56 Å². The average molecular weight is 501 g/mol. The molecule has 1 N–H and O–H groups in total. The van der Waals surface area contributed by atoms with E-state index in [4.69, 9.17) is 4.74 Å². The number of sulfonamides is 1. The van der Waals surface area contributed by atoms with Crippen LogP contribution >= 0.6 is 0 Å². The van der Waals surface area contributed by atoms with Crippen LogP contribution in [0.2, 0.25) is 0 Å². The molecular formula is C25H32N4O5S. The van der Waals surface area contributed by atoms with Crippen LogP contribution in [0.1, 0.15) is 43.7 Å². The number of rotatable bonds is 5. The first kappa shape index (κ1) is 26.6. The Labute approximate surface area is 207 Å². The molecular weight excluding hydrogens is 468 g/mol. The maximum atomic E-state index is 13.5. The molecule has 1 amide bonds. The van der Waals surface area contributed by atoms with E-state index in [1.807, 2.05) is 20.8 Å². The summed E-state index contributed by atoms with van der Waals surface area (Å²) in [5.74, 6) is 5.83. The summed E-state index contributed by atoms with van der Waals surface area (Å²) in [5.41, 5.74) is 0.837. The minimum absolute atomic E-state index is 0.00713. The standard InChI is InChI=1S/C25H32N4O5S/c1-17(2)6-7-20-8-9-24-22(12-20)34-23(15-28(5)25(31)21-13-26-10-11-27-21)18(3)14-29(19(4)16-30)35(24,32)33/h8-13,17-19,23,30H,14-16H2,1-5H3/t18-,19+,23-/m0/s1. The molecule has 9 nitrogen and oxygen atoms in total. The summed E-state index contributed by atoms with van der Waals surface area (Å²) in [4.78, 5) is 22.4. The van der Waals surface area contributed by atoms with E-state index in [0.717, 1.165) is 0 Å². The molecule has 0 radical (unpaired) electrons. The first-order chi connectivity index (χ1) is 16.5. The van der Waals surface area contributed by atoms with E-state index in [9.17, 15) is 18.3 Å². The van der Waals surface area contributed by atoms with Gasteiger partial charge in [0.25, 0.3) is 5.91 Å². The molecule has 2 aromatic rings. The van der Waals surface area contributed by atoms with Crippen molar-refractivity contribution in [2.45, 2.75) is 44.7 Å². The van der Waals surface area contributed by atoms with E-state index in [2.05, 4.69) is 21.8 Å². The fraction of sp³-hybridized carbons (Fsp3) is 0.480. The Morgan fingerprint density at radius 2 is 2.06 bits per heavy atom. The first-order valence-electron chi connectivity index (χ1n) is 11.5. The lowest BCUT2D eigenvalue weighted by Crippen LogP contribution is -2.50. The molecule has 1 aliphatic heterocycles. The van der Waals surface area contributed by atoms with E-state index in [-0.39, 0.29) is 53.8 Å². The molecule has 0 spiro atoms. The molecule has 1 aliphatic rings.